The van der Waals surface area contributed by atoms with E-state index in [0.29, 0.717) is 31.0 Å². The molecule has 1 heterocycles. The Balaban J connectivity index is 1.73. The first-order valence-corrected chi connectivity index (χ1v) is 8.68. The highest BCUT2D eigenvalue weighted by Crippen LogP contribution is 2.25. The van der Waals surface area contributed by atoms with Crippen molar-refractivity contribution in [3.8, 4) is 5.75 Å². The van der Waals surface area contributed by atoms with Gasteiger partial charge in [0.1, 0.15) is 12.4 Å². The summed E-state index contributed by atoms with van der Waals surface area (Å²) < 4.78 is 6.81. The molecule has 5 heteroatoms. The summed E-state index contributed by atoms with van der Waals surface area (Å²) in [7, 11) is 0. The minimum atomic E-state index is -0.136. The summed E-state index contributed by atoms with van der Waals surface area (Å²) in [4.78, 5) is 13.7. The predicted molar refractivity (Wildman–Crippen MR) is 98.7 cm³/mol. The van der Waals surface area contributed by atoms with Crippen LogP contribution in [0.3, 0.4) is 0 Å². The van der Waals surface area contributed by atoms with Crippen molar-refractivity contribution in [3.63, 3.8) is 0 Å². The maximum atomic E-state index is 12.6. The lowest BCUT2D eigenvalue weighted by molar-refractivity contribution is 0.0947. The first-order chi connectivity index (χ1) is 11.7. The van der Waals surface area contributed by atoms with E-state index in [2.05, 4.69) is 23.5 Å². The summed E-state index contributed by atoms with van der Waals surface area (Å²) in [6.07, 6.45) is 0. The second-order valence-electron chi connectivity index (χ2n) is 5.57. The standard InChI is InChI=1S/C19H20N2O2S/c1-13-6-7-17(23-9-8-20)16(10-13)19(22)21-12-15-11-14-4-2-3-5-18(14)24-15/h2-7,10-11H,8-9,12,20H2,1H3,(H,21,22). The highest BCUT2D eigenvalue weighted by molar-refractivity contribution is 7.19. The molecule has 2 aromatic carbocycles. The summed E-state index contributed by atoms with van der Waals surface area (Å²) in [5.41, 5.74) is 7.04. The second kappa shape index (κ2) is 7.47. The molecule has 0 aliphatic rings. The first kappa shape index (κ1) is 16.5. The molecule has 0 saturated carbocycles. The van der Waals surface area contributed by atoms with Gasteiger partial charge in [0.15, 0.2) is 0 Å². The molecule has 3 aromatic rings. The molecule has 0 atom stereocenters. The van der Waals surface area contributed by atoms with Crippen molar-refractivity contribution in [2.24, 2.45) is 5.73 Å². The van der Waals surface area contributed by atoms with Crippen LogP contribution in [0, 0.1) is 6.92 Å². The topological polar surface area (TPSA) is 64.3 Å². The molecule has 0 fully saturated rings. The molecule has 0 spiro atoms. The monoisotopic (exact) mass is 340 g/mol. The van der Waals surface area contributed by atoms with Gasteiger partial charge in [0, 0.05) is 16.1 Å². The van der Waals surface area contributed by atoms with Crippen molar-refractivity contribution in [2.45, 2.75) is 13.5 Å². The number of amides is 1. The molecule has 3 N–H and O–H groups in total. The number of aryl methyl sites for hydroxylation is 1. The molecular formula is C19H20N2O2S. The molecule has 1 aromatic heterocycles. The number of nitrogens with two attached hydrogens (primary N) is 1. The molecule has 0 aliphatic carbocycles. The minimum absolute atomic E-state index is 0.136. The van der Waals surface area contributed by atoms with Gasteiger partial charge in [0.2, 0.25) is 0 Å². The maximum Gasteiger partial charge on any atom is 0.255 e. The van der Waals surface area contributed by atoms with E-state index in [4.69, 9.17) is 10.5 Å². The smallest absolute Gasteiger partial charge is 0.255 e. The van der Waals surface area contributed by atoms with E-state index in [-0.39, 0.29) is 5.91 Å². The van der Waals surface area contributed by atoms with Crippen LogP contribution in [-0.4, -0.2) is 19.1 Å². The minimum Gasteiger partial charge on any atom is -0.491 e. The fraction of sp³-hybridized carbons (Fsp3) is 0.211. The van der Waals surface area contributed by atoms with Gasteiger partial charge in [-0.1, -0.05) is 29.8 Å². The molecule has 4 nitrogen and oxygen atoms in total. The Morgan fingerprint density at radius 3 is 2.83 bits per heavy atom. The third-order valence-electron chi connectivity index (χ3n) is 3.65. The molecule has 0 radical (unpaired) electrons. The number of carbonyl (C=O) groups is 1. The lowest BCUT2D eigenvalue weighted by Crippen LogP contribution is -2.23. The second-order valence-corrected chi connectivity index (χ2v) is 6.74. The number of hydrogen-bond acceptors (Lipinski definition) is 4. The van der Waals surface area contributed by atoms with Crippen molar-refractivity contribution in [3.05, 3.63) is 64.5 Å². The molecule has 3 rings (SSSR count). The van der Waals surface area contributed by atoms with Crippen LogP contribution in [-0.2, 0) is 6.54 Å². The molecule has 24 heavy (non-hydrogen) atoms. The Bertz CT molecular complexity index is 824. The summed E-state index contributed by atoms with van der Waals surface area (Å²) in [5, 5.41) is 4.18. The van der Waals surface area contributed by atoms with Crippen molar-refractivity contribution in [1.29, 1.82) is 0 Å². The van der Waals surface area contributed by atoms with Crippen LogP contribution in [0.4, 0.5) is 0 Å². The lowest BCUT2D eigenvalue weighted by atomic mass is 10.1. The van der Waals surface area contributed by atoms with Gasteiger partial charge in [-0.25, -0.2) is 0 Å². The number of ether oxygens (including phenoxy) is 1. The van der Waals surface area contributed by atoms with E-state index in [1.165, 1.54) is 10.1 Å². The molecule has 0 saturated heterocycles. The van der Waals surface area contributed by atoms with Gasteiger partial charge < -0.3 is 15.8 Å². The zero-order valence-electron chi connectivity index (χ0n) is 13.5. The van der Waals surface area contributed by atoms with Crippen LogP contribution in [0.1, 0.15) is 20.8 Å². The lowest BCUT2D eigenvalue weighted by Gasteiger charge is -2.11. The van der Waals surface area contributed by atoms with E-state index >= 15 is 0 Å². The molecule has 124 valence electrons. The quantitative estimate of drug-likeness (QED) is 0.722. The Labute approximate surface area is 145 Å². The van der Waals surface area contributed by atoms with Crippen molar-refractivity contribution in [2.75, 3.05) is 13.2 Å². The molecule has 1 amide bonds. The van der Waals surface area contributed by atoms with Crippen molar-refractivity contribution >= 4 is 27.3 Å². The zero-order chi connectivity index (χ0) is 16.9. The summed E-state index contributed by atoms with van der Waals surface area (Å²) >= 11 is 1.69. The van der Waals surface area contributed by atoms with Crippen molar-refractivity contribution in [1.82, 2.24) is 5.32 Å². The Hall–Kier alpha value is -2.37. The number of hydrogen-bond donors (Lipinski definition) is 2. The van der Waals surface area contributed by atoms with Crippen LogP contribution in [0.5, 0.6) is 5.75 Å². The van der Waals surface area contributed by atoms with E-state index in [1.54, 1.807) is 11.3 Å². The first-order valence-electron chi connectivity index (χ1n) is 7.86. The van der Waals surface area contributed by atoms with Gasteiger partial charge >= 0.3 is 0 Å². The molecular weight excluding hydrogens is 320 g/mol. The maximum absolute atomic E-state index is 12.6. The number of fused-ring (bicyclic) bond motifs is 1. The number of carbonyl (C=O) groups excluding carboxylic acids is 1. The average Bonchev–Trinajstić information content (AvgIpc) is 3.01. The van der Waals surface area contributed by atoms with Gasteiger partial charge in [-0.2, -0.15) is 0 Å². The fourth-order valence-corrected chi connectivity index (χ4v) is 3.51. The van der Waals surface area contributed by atoms with Gasteiger partial charge in [-0.15, -0.1) is 11.3 Å². The van der Waals surface area contributed by atoms with Crippen LogP contribution in [0.15, 0.2) is 48.5 Å². The van der Waals surface area contributed by atoms with Gasteiger partial charge in [0.25, 0.3) is 5.91 Å². The Morgan fingerprint density at radius 1 is 1.21 bits per heavy atom. The van der Waals surface area contributed by atoms with Crippen molar-refractivity contribution < 1.29 is 9.53 Å². The Morgan fingerprint density at radius 2 is 2.04 bits per heavy atom. The third kappa shape index (κ3) is 3.75. The van der Waals surface area contributed by atoms with Gasteiger partial charge in [-0.3, -0.25) is 4.79 Å². The van der Waals surface area contributed by atoms with Crippen LogP contribution in [0.25, 0.3) is 10.1 Å². The third-order valence-corrected chi connectivity index (χ3v) is 4.77. The number of nitrogens with one attached hydrogen (secondary N) is 1. The van der Waals surface area contributed by atoms with Gasteiger partial charge in [-0.05, 0) is 36.6 Å². The number of thiophene rings is 1. The van der Waals surface area contributed by atoms with Gasteiger partial charge in [0.05, 0.1) is 12.1 Å². The Kier molecular flexibility index (Phi) is 5.13. The van der Waals surface area contributed by atoms with Crippen LogP contribution < -0.4 is 15.8 Å². The van der Waals surface area contributed by atoms with E-state index < -0.39 is 0 Å². The highest BCUT2D eigenvalue weighted by atomic mass is 32.1. The molecule has 0 bridgehead atoms. The SMILES string of the molecule is Cc1ccc(OCCN)c(C(=O)NCc2cc3ccccc3s2)c1. The number of rotatable bonds is 6. The summed E-state index contributed by atoms with van der Waals surface area (Å²) in [5.74, 6) is 0.433. The van der Waals surface area contributed by atoms with Crippen LogP contribution >= 0.6 is 11.3 Å². The number of benzene rings is 2. The van der Waals surface area contributed by atoms with E-state index in [0.717, 1.165) is 10.4 Å². The summed E-state index contributed by atoms with van der Waals surface area (Å²) in [6.45, 7) is 3.26. The normalized spacial score (nSPS) is 10.8. The predicted octanol–water partition coefficient (Wildman–Crippen LogP) is 3.48. The summed E-state index contributed by atoms with van der Waals surface area (Å²) in [6, 6.07) is 15.9. The average molecular weight is 340 g/mol. The molecule has 0 unspecified atom stereocenters. The van der Waals surface area contributed by atoms with E-state index in [1.807, 2.05) is 37.3 Å². The highest BCUT2D eigenvalue weighted by Gasteiger charge is 2.13. The van der Waals surface area contributed by atoms with E-state index in [9.17, 15) is 4.79 Å². The van der Waals surface area contributed by atoms with Crippen LogP contribution in [0.2, 0.25) is 0 Å². The zero-order valence-corrected chi connectivity index (χ0v) is 14.4. The molecule has 0 aliphatic heterocycles. The largest absolute Gasteiger partial charge is 0.491 e. The fourth-order valence-electron chi connectivity index (χ4n) is 2.50.